The highest BCUT2D eigenvalue weighted by molar-refractivity contribution is 5.90. The number of likely N-dealkylation sites (N-methyl/N-ethyl adjacent to an activating group) is 3. The van der Waals surface area contributed by atoms with Gasteiger partial charge in [0.15, 0.2) is 0 Å². The molecule has 0 radical (unpaired) electrons. The lowest BCUT2D eigenvalue weighted by Gasteiger charge is -2.18. The zero-order valence-electron chi connectivity index (χ0n) is 14.0. The third-order valence-corrected chi connectivity index (χ3v) is 2.84. The van der Waals surface area contributed by atoms with E-state index in [0.29, 0.717) is 0 Å². The minimum atomic E-state index is -0.664. The molecule has 0 rings (SSSR count). The summed E-state index contributed by atoms with van der Waals surface area (Å²) in [4.78, 5) is 59.1. The Labute approximate surface area is 139 Å². The van der Waals surface area contributed by atoms with Crippen LogP contribution in [0.25, 0.3) is 0 Å². The van der Waals surface area contributed by atoms with Crippen molar-refractivity contribution in [2.45, 2.75) is 0 Å². The molecule has 0 bridgehead atoms. The van der Waals surface area contributed by atoms with Crippen molar-refractivity contribution in [2.24, 2.45) is 5.73 Å². The Morgan fingerprint density at radius 3 is 1.71 bits per heavy atom. The molecule has 11 heteroatoms. The molecule has 0 unspecified atom stereocenters. The number of nitrogens with one attached hydrogen (secondary N) is 3. The second-order valence-electron chi connectivity index (χ2n) is 5.05. The van der Waals surface area contributed by atoms with Crippen molar-refractivity contribution in [1.82, 2.24) is 25.8 Å². The third kappa shape index (κ3) is 9.35. The summed E-state index contributed by atoms with van der Waals surface area (Å²) in [5.41, 5.74) is 4.96. The highest BCUT2D eigenvalue weighted by Crippen LogP contribution is 1.86. The lowest BCUT2D eigenvalue weighted by atomic mass is 10.4. The fourth-order valence-electron chi connectivity index (χ4n) is 1.52. The van der Waals surface area contributed by atoms with E-state index in [-0.39, 0.29) is 38.6 Å². The Hall–Kier alpha value is -2.69. The summed E-state index contributed by atoms with van der Waals surface area (Å²) in [5.74, 6) is -2.50. The van der Waals surface area contributed by atoms with Gasteiger partial charge in [-0.3, -0.25) is 24.0 Å². The Bertz CT molecular complexity index is 495. The molecule has 5 amide bonds. The fourth-order valence-corrected chi connectivity index (χ4v) is 1.52. The molecule has 0 saturated carbocycles. The molecule has 0 saturated heterocycles. The van der Waals surface area contributed by atoms with Crippen LogP contribution < -0.4 is 21.7 Å². The van der Waals surface area contributed by atoms with Gasteiger partial charge in [0.2, 0.25) is 29.5 Å². The lowest BCUT2D eigenvalue weighted by molar-refractivity contribution is -0.137. The van der Waals surface area contributed by atoms with E-state index in [1.165, 1.54) is 14.1 Å². The molecule has 0 aliphatic rings. The summed E-state index contributed by atoms with van der Waals surface area (Å²) in [5, 5.41) is 7.36. The van der Waals surface area contributed by atoms with Crippen LogP contribution in [0.5, 0.6) is 0 Å². The summed E-state index contributed by atoms with van der Waals surface area (Å²) in [6.07, 6.45) is 0. The van der Waals surface area contributed by atoms with Gasteiger partial charge in [0.25, 0.3) is 0 Å². The quantitative estimate of drug-likeness (QED) is 0.315. The van der Waals surface area contributed by atoms with Crippen LogP contribution in [0, 0.1) is 0 Å². The molecule has 0 aromatic heterocycles. The Morgan fingerprint density at radius 2 is 1.25 bits per heavy atom. The predicted molar refractivity (Wildman–Crippen MR) is 84.4 cm³/mol. The van der Waals surface area contributed by atoms with Gasteiger partial charge in [-0.1, -0.05) is 0 Å². The number of hydrogen-bond acceptors (Lipinski definition) is 6. The average molecular weight is 344 g/mol. The first-order valence-corrected chi connectivity index (χ1v) is 7.11. The zero-order valence-corrected chi connectivity index (χ0v) is 14.0. The van der Waals surface area contributed by atoms with E-state index < -0.39 is 23.6 Å². The van der Waals surface area contributed by atoms with Gasteiger partial charge in [-0.05, 0) is 7.05 Å². The second kappa shape index (κ2) is 10.9. The van der Waals surface area contributed by atoms with Crippen LogP contribution in [-0.2, 0) is 24.0 Å². The van der Waals surface area contributed by atoms with Gasteiger partial charge in [-0.15, -0.1) is 0 Å². The van der Waals surface area contributed by atoms with E-state index in [1.54, 1.807) is 7.05 Å². The van der Waals surface area contributed by atoms with Gasteiger partial charge in [0.05, 0.1) is 32.7 Å². The number of nitrogens with zero attached hydrogens (tertiary/aromatic N) is 2. The number of primary amides is 1. The number of rotatable bonds is 10. The van der Waals surface area contributed by atoms with E-state index in [2.05, 4.69) is 16.0 Å². The second-order valence-corrected chi connectivity index (χ2v) is 5.05. The van der Waals surface area contributed by atoms with Gasteiger partial charge < -0.3 is 31.5 Å². The molecule has 0 spiro atoms. The van der Waals surface area contributed by atoms with Crippen molar-refractivity contribution in [3.05, 3.63) is 0 Å². The topological polar surface area (TPSA) is 154 Å². The predicted octanol–water partition coefficient (Wildman–Crippen LogP) is -4.16. The maximum absolute atomic E-state index is 11.7. The van der Waals surface area contributed by atoms with Crippen molar-refractivity contribution < 1.29 is 24.0 Å². The summed E-state index contributed by atoms with van der Waals surface area (Å²) in [7, 11) is 4.37. The Balaban J connectivity index is 4.13. The van der Waals surface area contributed by atoms with Crippen LogP contribution >= 0.6 is 0 Å². The number of carbonyl (C=O) groups is 5. The van der Waals surface area contributed by atoms with E-state index >= 15 is 0 Å². The molecule has 11 nitrogen and oxygen atoms in total. The monoisotopic (exact) mass is 344 g/mol. The van der Waals surface area contributed by atoms with E-state index in [4.69, 9.17) is 5.73 Å². The minimum absolute atomic E-state index is 0.0818. The summed E-state index contributed by atoms with van der Waals surface area (Å²) in [6.45, 7) is -0.987. The Kier molecular flexibility index (Phi) is 9.71. The first-order valence-electron chi connectivity index (χ1n) is 7.11. The summed E-state index contributed by atoms with van der Waals surface area (Å²) >= 11 is 0. The van der Waals surface area contributed by atoms with Crippen LogP contribution in [0.4, 0.5) is 0 Å². The smallest absolute Gasteiger partial charge is 0.242 e. The van der Waals surface area contributed by atoms with Crippen molar-refractivity contribution in [2.75, 3.05) is 53.9 Å². The van der Waals surface area contributed by atoms with Crippen molar-refractivity contribution in [1.29, 1.82) is 0 Å². The largest absolute Gasteiger partial charge is 0.368 e. The maximum Gasteiger partial charge on any atom is 0.242 e. The van der Waals surface area contributed by atoms with Gasteiger partial charge in [0.1, 0.15) is 0 Å². The van der Waals surface area contributed by atoms with Gasteiger partial charge in [0, 0.05) is 14.1 Å². The molecule has 5 N–H and O–H groups in total. The number of hydrogen-bond donors (Lipinski definition) is 4. The van der Waals surface area contributed by atoms with Gasteiger partial charge in [-0.25, -0.2) is 0 Å². The van der Waals surface area contributed by atoms with Gasteiger partial charge in [-0.2, -0.15) is 0 Å². The molecule has 0 fully saturated rings. The average Bonchev–Trinajstić information content (AvgIpc) is 2.49. The molecule has 0 heterocycles. The Morgan fingerprint density at radius 1 is 0.792 bits per heavy atom. The molecule has 0 atom stereocenters. The lowest BCUT2D eigenvalue weighted by Crippen LogP contribution is -2.46. The van der Waals surface area contributed by atoms with Crippen molar-refractivity contribution in [3.63, 3.8) is 0 Å². The van der Waals surface area contributed by atoms with Crippen LogP contribution in [0.1, 0.15) is 0 Å². The molecule has 136 valence electrons. The van der Waals surface area contributed by atoms with Crippen molar-refractivity contribution in [3.8, 4) is 0 Å². The van der Waals surface area contributed by atoms with Crippen LogP contribution in [0.2, 0.25) is 0 Å². The van der Waals surface area contributed by atoms with E-state index in [1.807, 2.05) is 0 Å². The summed E-state index contributed by atoms with van der Waals surface area (Å²) < 4.78 is 0. The van der Waals surface area contributed by atoms with Crippen LogP contribution in [0.15, 0.2) is 0 Å². The standard InChI is InChI=1S/C13H24N6O5/c1-15-4-10(21)16-5-13(24)19(3)8-11(22)17-6-12(23)18(2)7-9(14)20/h15H,4-8H2,1-3H3,(H2,14,20)(H,16,21)(H,17,22). The van der Waals surface area contributed by atoms with E-state index in [0.717, 1.165) is 9.80 Å². The van der Waals surface area contributed by atoms with E-state index in [9.17, 15) is 24.0 Å². The molecular formula is C13H24N6O5. The molecule has 24 heavy (non-hydrogen) atoms. The molecular weight excluding hydrogens is 320 g/mol. The zero-order chi connectivity index (χ0) is 18.7. The highest BCUT2D eigenvalue weighted by Gasteiger charge is 2.16. The molecule has 0 aliphatic heterocycles. The number of nitrogens with two attached hydrogens (primary N) is 1. The third-order valence-electron chi connectivity index (χ3n) is 2.84. The molecule has 0 aliphatic carbocycles. The first-order chi connectivity index (χ1) is 11.2. The maximum atomic E-state index is 11.7. The van der Waals surface area contributed by atoms with Crippen LogP contribution in [0.3, 0.4) is 0 Å². The summed E-state index contributed by atoms with van der Waals surface area (Å²) in [6, 6.07) is 0. The number of carbonyl (C=O) groups excluding carboxylic acids is 5. The van der Waals surface area contributed by atoms with Crippen LogP contribution in [-0.4, -0.2) is 93.2 Å². The first kappa shape index (κ1) is 21.3. The normalized spacial score (nSPS) is 9.79. The number of amides is 5. The SMILES string of the molecule is CNCC(=O)NCC(=O)N(C)CC(=O)NCC(=O)N(C)CC(N)=O. The van der Waals surface area contributed by atoms with Crippen molar-refractivity contribution >= 4 is 29.5 Å². The fraction of sp³-hybridized carbons (Fsp3) is 0.615. The molecule has 0 aromatic carbocycles. The van der Waals surface area contributed by atoms with Gasteiger partial charge >= 0.3 is 0 Å². The molecule has 0 aromatic rings. The highest BCUT2D eigenvalue weighted by atomic mass is 16.2. The minimum Gasteiger partial charge on any atom is -0.368 e.